The summed E-state index contributed by atoms with van der Waals surface area (Å²) in [6, 6.07) is 0. The van der Waals surface area contributed by atoms with Gasteiger partial charge in [-0.3, -0.25) is 4.79 Å². The molecule has 0 amide bonds. The number of hydrogen-bond donors (Lipinski definition) is 0. The quantitative estimate of drug-likeness (QED) is 0.611. The summed E-state index contributed by atoms with van der Waals surface area (Å²) in [5.74, 6) is 1.79. The Morgan fingerprint density at radius 2 is 1.64 bits per heavy atom. The van der Waals surface area contributed by atoms with Crippen LogP contribution in [0, 0.1) is 17.8 Å². The normalized spacial score (nSPS) is 16.5. The van der Waals surface area contributed by atoms with E-state index in [1.54, 1.807) is 6.92 Å². The van der Waals surface area contributed by atoms with Gasteiger partial charge in [-0.15, -0.1) is 0 Å². The first kappa shape index (κ1) is 10.7. The highest BCUT2D eigenvalue weighted by Gasteiger charge is 2.16. The Labute approximate surface area is 70.2 Å². The zero-order valence-corrected chi connectivity index (χ0v) is 8.35. The van der Waals surface area contributed by atoms with Gasteiger partial charge in [0, 0.05) is 5.92 Å². The van der Waals surface area contributed by atoms with Crippen molar-refractivity contribution in [2.45, 2.75) is 41.0 Å². The first-order chi connectivity index (χ1) is 4.95. The van der Waals surface area contributed by atoms with Gasteiger partial charge in [0.15, 0.2) is 0 Å². The predicted molar refractivity (Wildman–Crippen MR) is 48.5 cm³/mol. The summed E-state index contributed by atoms with van der Waals surface area (Å²) < 4.78 is 0. The number of carbonyl (C=O) groups excluding carboxylic acids is 1. The van der Waals surface area contributed by atoms with Gasteiger partial charge in [0.1, 0.15) is 5.78 Å². The second-order valence-corrected chi connectivity index (χ2v) is 4.01. The maximum absolute atomic E-state index is 11.0. The van der Waals surface area contributed by atoms with Crippen LogP contribution in [0.25, 0.3) is 0 Å². The fourth-order valence-electron chi connectivity index (χ4n) is 1.35. The summed E-state index contributed by atoms with van der Waals surface area (Å²) in [4.78, 5) is 11.0. The highest BCUT2D eigenvalue weighted by Crippen LogP contribution is 2.20. The van der Waals surface area contributed by atoms with E-state index in [4.69, 9.17) is 0 Å². The van der Waals surface area contributed by atoms with Crippen molar-refractivity contribution < 1.29 is 4.79 Å². The molecule has 0 aliphatic carbocycles. The average Bonchev–Trinajstić information content (AvgIpc) is 1.84. The van der Waals surface area contributed by atoms with E-state index in [0.29, 0.717) is 17.6 Å². The largest absolute Gasteiger partial charge is 0.300 e. The fraction of sp³-hybridized carbons (Fsp3) is 0.900. The van der Waals surface area contributed by atoms with Crippen LogP contribution in [0.5, 0.6) is 0 Å². The number of carbonyl (C=O) groups is 1. The second-order valence-electron chi connectivity index (χ2n) is 4.01. The van der Waals surface area contributed by atoms with E-state index in [2.05, 4.69) is 20.8 Å². The van der Waals surface area contributed by atoms with Crippen LogP contribution in [-0.4, -0.2) is 5.78 Å². The number of ketones is 1. The molecule has 0 radical (unpaired) electrons. The molecule has 0 aromatic rings. The standard InChI is InChI=1S/C10H20O/c1-7(2)6-8(3)9(4)10(5)11/h7-9H,6H2,1-5H3. The molecular weight excluding hydrogens is 136 g/mol. The van der Waals surface area contributed by atoms with Crippen LogP contribution in [0.15, 0.2) is 0 Å². The molecule has 2 unspecified atom stereocenters. The first-order valence-corrected chi connectivity index (χ1v) is 4.45. The third-order valence-electron chi connectivity index (χ3n) is 2.34. The van der Waals surface area contributed by atoms with Crippen LogP contribution in [0.1, 0.15) is 41.0 Å². The molecule has 0 heterocycles. The molecule has 0 aromatic heterocycles. The van der Waals surface area contributed by atoms with Crippen molar-refractivity contribution in [3.8, 4) is 0 Å². The van der Waals surface area contributed by atoms with E-state index in [-0.39, 0.29) is 5.92 Å². The Balaban J connectivity index is 3.82. The Morgan fingerprint density at radius 3 is 1.91 bits per heavy atom. The lowest BCUT2D eigenvalue weighted by Gasteiger charge is -2.18. The van der Waals surface area contributed by atoms with Crippen LogP contribution in [0.3, 0.4) is 0 Å². The van der Waals surface area contributed by atoms with Gasteiger partial charge >= 0.3 is 0 Å². The van der Waals surface area contributed by atoms with E-state index < -0.39 is 0 Å². The Morgan fingerprint density at radius 1 is 1.18 bits per heavy atom. The predicted octanol–water partition coefficient (Wildman–Crippen LogP) is 2.89. The number of hydrogen-bond acceptors (Lipinski definition) is 1. The summed E-state index contributed by atoms with van der Waals surface area (Å²) >= 11 is 0. The van der Waals surface area contributed by atoms with Crippen LogP contribution in [0.4, 0.5) is 0 Å². The van der Waals surface area contributed by atoms with Crippen molar-refractivity contribution in [1.82, 2.24) is 0 Å². The summed E-state index contributed by atoms with van der Waals surface area (Å²) in [7, 11) is 0. The van der Waals surface area contributed by atoms with Gasteiger partial charge in [0.05, 0.1) is 0 Å². The van der Waals surface area contributed by atoms with Crippen LogP contribution in [0.2, 0.25) is 0 Å². The molecule has 0 spiro atoms. The van der Waals surface area contributed by atoms with Gasteiger partial charge in [0.25, 0.3) is 0 Å². The highest BCUT2D eigenvalue weighted by atomic mass is 16.1. The van der Waals surface area contributed by atoms with Crippen LogP contribution >= 0.6 is 0 Å². The first-order valence-electron chi connectivity index (χ1n) is 4.45. The second kappa shape index (κ2) is 4.53. The molecule has 0 bridgehead atoms. The summed E-state index contributed by atoms with van der Waals surface area (Å²) in [5.41, 5.74) is 0. The summed E-state index contributed by atoms with van der Waals surface area (Å²) in [6.07, 6.45) is 1.15. The molecule has 0 fully saturated rings. The Kier molecular flexibility index (Phi) is 4.39. The van der Waals surface area contributed by atoms with E-state index in [0.717, 1.165) is 6.42 Å². The molecule has 0 N–H and O–H groups in total. The lowest BCUT2D eigenvalue weighted by molar-refractivity contribution is -0.121. The molecule has 0 aliphatic rings. The highest BCUT2D eigenvalue weighted by molar-refractivity contribution is 5.78. The van der Waals surface area contributed by atoms with Gasteiger partial charge in [-0.2, -0.15) is 0 Å². The smallest absolute Gasteiger partial charge is 0.132 e. The molecule has 66 valence electrons. The topological polar surface area (TPSA) is 17.1 Å². The van der Waals surface area contributed by atoms with Crippen molar-refractivity contribution in [2.24, 2.45) is 17.8 Å². The van der Waals surface area contributed by atoms with E-state index in [1.807, 2.05) is 6.92 Å². The Bertz CT molecular complexity index is 127. The fourth-order valence-corrected chi connectivity index (χ4v) is 1.35. The van der Waals surface area contributed by atoms with Crippen LogP contribution < -0.4 is 0 Å². The molecule has 1 heteroatoms. The van der Waals surface area contributed by atoms with Gasteiger partial charge in [-0.1, -0.05) is 27.7 Å². The zero-order chi connectivity index (χ0) is 9.02. The molecule has 0 saturated heterocycles. The van der Waals surface area contributed by atoms with Gasteiger partial charge in [-0.25, -0.2) is 0 Å². The van der Waals surface area contributed by atoms with Gasteiger partial charge in [-0.05, 0) is 25.2 Å². The van der Waals surface area contributed by atoms with Crippen molar-refractivity contribution in [3.05, 3.63) is 0 Å². The SMILES string of the molecule is CC(=O)C(C)C(C)CC(C)C. The van der Waals surface area contributed by atoms with E-state index >= 15 is 0 Å². The molecule has 11 heavy (non-hydrogen) atoms. The van der Waals surface area contributed by atoms with E-state index in [1.165, 1.54) is 0 Å². The van der Waals surface area contributed by atoms with Crippen molar-refractivity contribution in [3.63, 3.8) is 0 Å². The van der Waals surface area contributed by atoms with Crippen molar-refractivity contribution in [2.75, 3.05) is 0 Å². The molecular formula is C10H20O. The van der Waals surface area contributed by atoms with Crippen LogP contribution in [-0.2, 0) is 4.79 Å². The van der Waals surface area contributed by atoms with Gasteiger partial charge < -0.3 is 0 Å². The minimum Gasteiger partial charge on any atom is -0.300 e. The third-order valence-corrected chi connectivity index (χ3v) is 2.34. The maximum atomic E-state index is 11.0. The van der Waals surface area contributed by atoms with Gasteiger partial charge in [0.2, 0.25) is 0 Å². The lowest BCUT2D eigenvalue weighted by atomic mass is 9.86. The van der Waals surface area contributed by atoms with E-state index in [9.17, 15) is 4.79 Å². The summed E-state index contributed by atoms with van der Waals surface area (Å²) in [5, 5.41) is 0. The number of Topliss-reactive ketones (excluding diaryl/α,β-unsaturated/α-hetero) is 1. The molecule has 1 nitrogen and oxygen atoms in total. The lowest BCUT2D eigenvalue weighted by Crippen LogP contribution is -2.17. The van der Waals surface area contributed by atoms with Crippen molar-refractivity contribution >= 4 is 5.78 Å². The monoisotopic (exact) mass is 156 g/mol. The third kappa shape index (κ3) is 4.18. The average molecular weight is 156 g/mol. The molecule has 2 atom stereocenters. The molecule has 0 saturated carbocycles. The minimum atomic E-state index is 0.234. The molecule has 0 aromatic carbocycles. The minimum absolute atomic E-state index is 0.234. The Hall–Kier alpha value is -0.330. The molecule has 0 rings (SSSR count). The van der Waals surface area contributed by atoms with Crippen molar-refractivity contribution in [1.29, 1.82) is 0 Å². The molecule has 0 aliphatic heterocycles. The summed E-state index contributed by atoms with van der Waals surface area (Å²) in [6.45, 7) is 10.3. The number of rotatable bonds is 4. The zero-order valence-electron chi connectivity index (χ0n) is 8.35. The maximum Gasteiger partial charge on any atom is 0.132 e.